The summed E-state index contributed by atoms with van der Waals surface area (Å²) in [7, 11) is 0. The van der Waals surface area contributed by atoms with Crippen molar-refractivity contribution in [2.24, 2.45) is 0 Å². The van der Waals surface area contributed by atoms with E-state index in [0.29, 0.717) is 14.8 Å². The summed E-state index contributed by atoms with van der Waals surface area (Å²) in [6.45, 7) is 1.96. The van der Waals surface area contributed by atoms with E-state index in [9.17, 15) is 9.59 Å². The summed E-state index contributed by atoms with van der Waals surface area (Å²) in [5.74, 6) is -0.0116. The number of hydrogen-bond donors (Lipinski definition) is 1. The number of likely N-dealkylation sites (tertiary alicyclic amines) is 1. The first-order valence-corrected chi connectivity index (χ1v) is 11.3. The molecule has 0 atom stereocenters. The molecule has 2 aromatic carbocycles. The molecule has 0 radical (unpaired) electrons. The fourth-order valence-electron chi connectivity index (χ4n) is 3.52. The maximum Gasteiger partial charge on any atom is 0.267 e. The Morgan fingerprint density at radius 2 is 1.73 bits per heavy atom. The molecule has 5 nitrogen and oxygen atoms in total. The normalized spacial score (nSPS) is 18.2. The van der Waals surface area contributed by atoms with Gasteiger partial charge in [-0.3, -0.25) is 14.5 Å². The average Bonchev–Trinajstić information content (AvgIpc) is 3.05. The molecule has 4 rings (SSSR count). The zero-order chi connectivity index (χ0) is 20.9. The monoisotopic (exact) mass is 437 g/mol. The summed E-state index contributed by atoms with van der Waals surface area (Å²) in [5, 5.41) is 3.23. The number of anilines is 1. The molecule has 2 amide bonds. The minimum Gasteiger partial charge on any atom is -0.367 e. The van der Waals surface area contributed by atoms with Gasteiger partial charge in [0.2, 0.25) is 0 Å². The van der Waals surface area contributed by atoms with Crippen molar-refractivity contribution in [3.8, 4) is 0 Å². The van der Waals surface area contributed by atoms with Gasteiger partial charge in [-0.2, -0.15) is 0 Å². The van der Waals surface area contributed by atoms with Crippen molar-refractivity contribution in [2.45, 2.75) is 19.3 Å². The third-order valence-electron chi connectivity index (χ3n) is 5.19. The molecule has 2 aliphatic heterocycles. The van der Waals surface area contributed by atoms with E-state index in [1.807, 2.05) is 65.6 Å². The fourth-order valence-corrected chi connectivity index (χ4v) is 4.77. The highest BCUT2D eigenvalue weighted by Gasteiger charge is 2.31. The van der Waals surface area contributed by atoms with Gasteiger partial charge >= 0.3 is 0 Å². The lowest BCUT2D eigenvalue weighted by Gasteiger charge is -2.26. The summed E-state index contributed by atoms with van der Waals surface area (Å²) in [5.41, 5.74) is 2.50. The van der Waals surface area contributed by atoms with E-state index in [2.05, 4.69) is 5.32 Å². The van der Waals surface area contributed by atoms with E-state index in [4.69, 9.17) is 12.2 Å². The number of nitrogens with zero attached hydrogens (tertiary/aromatic N) is 2. The maximum absolute atomic E-state index is 12.7. The number of piperidine rings is 1. The molecule has 2 fully saturated rings. The molecule has 0 aliphatic carbocycles. The molecule has 30 heavy (non-hydrogen) atoms. The Bertz CT molecular complexity index is 968. The molecule has 2 aromatic rings. The Balaban J connectivity index is 1.36. The Labute approximate surface area is 186 Å². The van der Waals surface area contributed by atoms with Crippen LogP contribution in [0.4, 0.5) is 5.69 Å². The number of amides is 2. The van der Waals surface area contributed by atoms with Crippen LogP contribution in [0, 0.1) is 0 Å². The van der Waals surface area contributed by atoms with Crippen molar-refractivity contribution in [3.05, 3.63) is 70.6 Å². The van der Waals surface area contributed by atoms with Crippen LogP contribution >= 0.6 is 24.0 Å². The summed E-state index contributed by atoms with van der Waals surface area (Å²) in [6, 6.07) is 17.1. The quantitative estimate of drug-likeness (QED) is 0.548. The van der Waals surface area contributed by atoms with Crippen molar-refractivity contribution in [1.29, 1.82) is 0 Å². The Hall–Kier alpha value is -2.64. The van der Waals surface area contributed by atoms with Gasteiger partial charge in [0.25, 0.3) is 11.8 Å². The summed E-state index contributed by atoms with van der Waals surface area (Å²) >= 11 is 6.70. The molecule has 0 bridgehead atoms. The first-order chi connectivity index (χ1) is 14.6. The maximum atomic E-state index is 12.7. The third kappa shape index (κ3) is 4.74. The van der Waals surface area contributed by atoms with Gasteiger partial charge in [0.15, 0.2) is 0 Å². The zero-order valence-electron chi connectivity index (χ0n) is 16.5. The minimum absolute atomic E-state index is 0.0873. The Kier molecular flexibility index (Phi) is 6.50. The zero-order valence-corrected chi connectivity index (χ0v) is 18.2. The second-order valence-corrected chi connectivity index (χ2v) is 8.96. The topological polar surface area (TPSA) is 52.7 Å². The van der Waals surface area contributed by atoms with E-state index in [1.165, 1.54) is 18.2 Å². The molecule has 0 aromatic heterocycles. The molecule has 1 N–H and O–H groups in total. The Morgan fingerprint density at radius 3 is 2.43 bits per heavy atom. The summed E-state index contributed by atoms with van der Waals surface area (Å²) < 4.78 is 0.534. The number of thiocarbonyl (C=S) groups is 1. The second-order valence-electron chi connectivity index (χ2n) is 7.29. The van der Waals surface area contributed by atoms with Gasteiger partial charge in [0.1, 0.15) is 4.32 Å². The Morgan fingerprint density at radius 1 is 1.03 bits per heavy atom. The standard InChI is InChI=1S/C23H23N3O2S2/c27-21(25-13-5-2-6-14-25)18-9-11-19(12-10-18)24-16-26-22(28)20(30-23(26)29)15-17-7-3-1-4-8-17/h1,3-4,7-12,15,24H,2,5-6,13-14,16H2/b20-15-. The molecule has 0 spiro atoms. The summed E-state index contributed by atoms with van der Waals surface area (Å²) in [4.78, 5) is 29.4. The molecule has 2 saturated heterocycles. The molecular formula is C23H23N3O2S2. The first-order valence-electron chi connectivity index (χ1n) is 10.1. The van der Waals surface area contributed by atoms with Crippen molar-refractivity contribution < 1.29 is 9.59 Å². The van der Waals surface area contributed by atoms with Crippen LogP contribution in [0.5, 0.6) is 0 Å². The number of carbonyl (C=O) groups is 2. The molecular weight excluding hydrogens is 414 g/mol. The highest BCUT2D eigenvalue weighted by molar-refractivity contribution is 8.26. The number of benzene rings is 2. The SMILES string of the molecule is O=C(c1ccc(NCN2C(=O)/C(=C/c3ccccc3)SC2=S)cc1)N1CCCCC1. The smallest absolute Gasteiger partial charge is 0.267 e. The lowest BCUT2D eigenvalue weighted by molar-refractivity contribution is -0.121. The van der Waals surface area contributed by atoms with Gasteiger partial charge in [0, 0.05) is 24.3 Å². The van der Waals surface area contributed by atoms with Crippen LogP contribution in [0.1, 0.15) is 35.2 Å². The van der Waals surface area contributed by atoms with Gasteiger partial charge in [-0.25, -0.2) is 0 Å². The molecule has 7 heteroatoms. The molecule has 2 aliphatic rings. The van der Waals surface area contributed by atoms with E-state index in [-0.39, 0.29) is 18.5 Å². The van der Waals surface area contributed by atoms with E-state index < -0.39 is 0 Å². The van der Waals surface area contributed by atoms with Crippen LogP contribution < -0.4 is 5.32 Å². The van der Waals surface area contributed by atoms with Crippen LogP contribution in [0.15, 0.2) is 59.5 Å². The highest BCUT2D eigenvalue weighted by atomic mass is 32.2. The molecule has 154 valence electrons. The number of hydrogen-bond acceptors (Lipinski definition) is 5. The predicted molar refractivity (Wildman–Crippen MR) is 126 cm³/mol. The lowest BCUT2D eigenvalue weighted by atomic mass is 10.1. The molecule has 2 heterocycles. The second kappa shape index (κ2) is 9.45. The largest absolute Gasteiger partial charge is 0.367 e. The molecule has 0 saturated carbocycles. The number of nitrogens with one attached hydrogen (secondary N) is 1. The van der Waals surface area contributed by atoms with Gasteiger partial charge in [-0.1, -0.05) is 54.3 Å². The van der Waals surface area contributed by atoms with Gasteiger partial charge in [-0.05, 0) is 55.2 Å². The van der Waals surface area contributed by atoms with E-state index >= 15 is 0 Å². The van der Waals surface area contributed by atoms with Gasteiger partial charge in [0.05, 0.1) is 11.6 Å². The number of rotatable bonds is 5. The van der Waals surface area contributed by atoms with Crippen molar-refractivity contribution in [2.75, 3.05) is 25.1 Å². The van der Waals surface area contributed by atoms with Crippen LogP contribution in [-0.2, 0) is 4.79 Å². The van der Waals surface area contributed by atoms with Gasteiger partial charge < -0.3 is 10.2 Å². The van der Waals surface area contributed by atoms with Crippen molar-refractivity contribution in [1.82, 2.24) is 9.80 Å². The van der Waals surface area contributed by atoms with Crippen LogP contribution in [0.2, 0.25) is 0 Å². The summed E-state index contributed by atoms with van der Waals surface area (Å²) in [6.07, 6.45) is 5.21. The van der Waals surface area contributed by atoms with Crippen LogP contribution in [-0.4, -0.2) is 45.7 Å². The highest BCUT2D eigenvalue weighted by Crippen LogP contribution is 2.32. The predicted octanol–water partition coefficient (Wildman–Crippen LogP) is 4.58. The minimum atomic E-state index is -0.0988. The first kappa shape index (κ1) is 20.6. The number of carbonyl (C=O) groups excluding carboxylic acids is 2. The average molecular weight is 438 g/mol. The van der Waals surface area contributed by atoms with Crippen molar-refractivity contribution in [3.63, 3.8) is 0 Å². The van der Waals surface area contributed by atoms with Crippen LogP contribution in [0.25, 0.3) is 6.08 Å². The van der Waals surface area contributed by atoms with Crippen molar-refractivity contribution >= 4 is 51.9 Å². The fraction of sp³-hybridized carbons (Fsp3) is 0.261. The number of thioether (sulfide) groups is 1. The van der Waals surface area contributed by atoms with Gasteiger partial charge in [-0.15, -0.1) is 0 Å². The lowest BCUT2D eigenvalue weighted by Crippen LogP contribution is -2.35. The van der Waals surface area contributed by atoms with Crippen LogP contribution in [0.3, 0.4) is 0 Å². The van der Waals surface area contributed by atoms with E-state index in [0.717, 1.165) is 37.2 Å². The van der Waals surface area contributed by atoms with E-state index in [1.54, 1.807) is 4.90 Å². The molecule has 0 unspecified atom stereocenters. The third-order valence-corrected chi connectivity index (χ3v) is 6.57.